The van der Waals surface area contributed by atoms with Gasteiger partial charge in [0.2, 0.25) is 5.91 Å². The number of amides is 1. The smallest absolute Gasteiger partial charge is 0.242 e. The van der Waals surface area contributed by atoms with Gasteiger partial charge in [0.25, 0.3) is 0 Å². The van der Waals surface area contributed by atoms with E-state index in [-0.39, 0.29) is 18.5 Å². The van der Waals surface area contributed by atoms with Gasteiger partial charge in [-0.1, -0.05) is 6.07 Å². The molecule has 1 atom stereocenters. The number of nitrogens with zero attached hydrogens (tertiary/aromatic N) is 4. The van der Waals surface area contributed by atoms with Crippen molar-refractivity contribution in [2.45, 2.75) is 19.0 Å². The molecule has 7 heteroatoms. The van der Waals surface area contributed by atoms with E-state index in [1.165, 1.54) is 22.9 Å². The van der Waals surface area contributed by atoms with Gasteiger partial charge in [-0.3, -0.25) is 9.78 Å². The summed E-state index contributed by atoms with van der Waals surface area (Å²) < 4.78 is 1.50. The lowest BCUT2D eigenvalue weighted by molar-refractivity contribution is -0.122. The highest BCUT2D eigenvalue weighted by Gasteiger charge is 2.16. The lowest BCUT2D eigenvalue weighted by atomic mass is 10.0. The van der Waals surface area contributed by atoms with Crippen molar-refractivity contribution in [3.8, 4) is 0 Å². The number of carbonyl (C=O) groups is 1. The summed E-state index contributed by atoms with van der Waals surface area (Å²) in [4.78, 5) is 20.2. The molecule has 6 nitrogen and oxygen atoms in total. The number of hydrogen-bond acceptors (Lipinski definition) is 5. The van der Waals surface area contributed by atoms with Gasteiger partial charge in [-0.15, -0.1) is 0 Å². The van der Waals surface area contributed by atoms with Gasteiger partial charge in [-0.25, -0.2) is 9.67 Å². The molecule has 3 rings (SSSR count). The predicted molar refractivity (Wildman–Crippen MR) is 83.2 cm³/mol. The van der Waals surface area contributed by atoms with Crippen LogP contribution >= 0.6 is 11.3 Å². The average molecular weight is 313 g/mol. The Morgan fingerprint density at radius 3 is 3.00 bits per heavy atom. The molecule has 0 unspecified atom stereocenters. The van der Waals surface area contributed by atoms with Crippen molar-refractivity contribution in [1.82, 2.24) is 25.1 Å². The topological polar surface area (TPSA) is 72.7 Å². The van der Waals surface area contributed by atoms with Crippen molar-refractivity contribution in [2.24, 2.45) is 0 Å². The van der Waals surface area contributed by atoms with E-state index >= 15 is 0 Å². The quantitative estimate of drug-likeness (QED) is 0.753. The van der Waals surface area contributed by atoms with Gasteiger partial charge in [0.05, 0.1) is 6.04 Å². The van der Waals surface area contributed by atoms with Crippen LogP contribution < -0.4 is 5.32 Å². The molecule has 3 aromatic rings. The Bertz CT molecular complexity index is 697. The predicted octanol–water partition coefficient (Wildman–Crippen LogP) is 1.83. The number of pyridine rings is 1. The van der Waals surface area contributed by atoms with E-state index in [0.29, 0.717) is 0 Å². The zero-order valence-corrected chi connectivity index (χ0v) is 12.6. The van der Waals surface area contributed by atoms with Gasteiger partial charge in [0, 0.05) is 12.4 Å². The molecule has 0 aliphatic rings. The van der Waals surface area contributed by atoms with Crippen molar-refractivity contribution < 1.29 is 4.79 Å². The van der Waals surface area contributed by atoms with Crippen molar-refractivity contribution in [3.05, 3.63) is 65.1 Å². The van der Waals surface area contributed by atoms with Crippen LogP contribution in [-0.4, -0.2) is 25.7 Å². The minimum Gasteiger partial charge on any atom is -0.347 e. The Kier molecular flexibility index (Phi) is 4.55. The summed E-state index contributed by atoms with van der Waals surface area (Å²) >= 11 is 1.65. The third kappa shape index (κ3) is 3.76. The number of aromatic nitrogens is 4. The molecule has 3 aromatic heterocycles. The number of hydrogen-bond donors (Lipinski definition) is 1. The van der Waals surface area contributed by atoms with E-state index in [2.05, 4.69) is 31.8 Å². The van der Waals surface area contributed by atoms with Crippen molar-refractivity contribution in [1.29, 1.82) is 0 Å². The van der Waals surface area contributed by atoms with Gasteiger partial charge in [-0.2, -0.15) is 16.4 Å². The Morgan fingerprint density at radius 2 is 2.32 bits per heavy atom. The minimum absolute atomic E-state index is 0.102. The number of nitrogens with one attached hydrogen (secondary N) is 1. The second kappa shape index (κ2) is 6.95. The van der Waals surface area contributed by atoms with Crippen molar-refractivity contribution in [3.63, 3.8) is 0 Å². The maximum Gasteiger partial charge on any atom is 0.242 e. The molecule has 0 radical (unpaired) electrons. The lowest BCUT2D eigenvalue weighted by Crippen LogP contribution is -2.32. The zero-order valence-electron chi connectivity index (χ0n) is 11.8. The largest absolute Gasteiger partial charge is 0.347 e. The van der Waals surface area contributed by atoms with Crippen LogP contribution in [0.5, 0.6) is 0 Å². The van der Waals surface area contributed by atoms with E-state index in [1.54, 1.807) is 23.7 Å². The minimum atomic E-state index is -0.112. The number of thiophene rings is 1. The number of rotatable bonds is 6. The van der Waals surface area contributed by atoms with E-state index < -0.39 is 0 Å². The van der Waals surface area contributed by atoms with E-state index in [1.807, 2.05) is 17.5 Å². The maximum atomic E-state index is 12.2. The molecule has 0 bridgehead atoms. The fourth-order valence-corrected chi connectivity index (χ4v) is 2.86. The van der Waals surface area contributed by atoms with E-state index in [4.69, 9.17) is 0 Å². The summed E-state index contributed by atoms with van der Waals surface area (Å²) in [5.74, 6) is -0.102. The molecule has 0 aliphatic carbocycles. The van der Waals surface area contributed by atoms with Gasteiger partial charge in [0.1, 0.15) is 19.2 Å². The first-order chi connectivity index (χ1) is 10.8. The van der Waals surface area contributed by atoms with Crippen LogP contribution in [0.2, 0.25) is 0 Å². The molecular weight excluding hydrogens is 298 g/mol. The van der Waals surface area contributed by atoms with Crippen LogP contribution in [0, 0.1) is 0 Å². The van der Waals surface area contributed by atoms with Gasteiger partial charge in [0.15, 0.2) is 0 Å². The summed E-state index contributed by atoms with van der Waals surface area (Å²) in [5, 5.41) is 11.1. The lowest BCUT2D eigenvalue weighted by Gasteiger charge is -2.18. The normalized spacial score (nSPS) is 12.0. The average Bonchev–Trinajstić information content (AvgIpc) is 3.21. The molecule has 1 amide bonds. The molecular formula is C15H15N5OS. The molecule has 0 aliphatic heterocycles. The SMILES string of the molecule is O=C(Cn1cncn1)N[C@H](Cc1ccsc1)c1cccnc1. The summed E-state index contributed by atoms with van der Waals surface area (Å²) in [6, 6.07) is 5.80. The Balaban J connectivity index is 1.72. The third-order valence-corrected chi connectivity index (χ3v) is 3.95. The molecule has 0 saturated heterocycles. The third-order valence-electron chi connectivity index (χ3n) is 3.21. The van der Waals surface area contributed by atoms with Crippen LogP contribution in [0.25, 0.3) is 0 Å². The summed E-state index contributed by atoms with van der Waals surface area (Å²) in [6.45, 7) is 0.153. The van der Waals surface area contributed by atoms with Gasteiger partial charge >= 0.3 is 0 Å². The molecule has 0 aromatic carbocycles. The van der Waals surface area contributed by atoms with Crippen molar-refractivity contribution >= 4 is 17.2 Å². The van der Waals surface area contributed by atoms with E-state index in [9.17, 15) is 4.79 Å². The Labute approximate surface area is 131 Å². The molecule has 22 heavy (non-hydrogen) atoms. The highest BCUT2D eigenvalue weighted by atomic mass is 32.1. The number of carbonyl (C=O) groups excluding carboxylic acids is 1. The second-order valence-corrected chi connectivity index (χ2v) is 5.62. The fraction of sp³-hybridized carbons (Fsp3) is 0.200. The summed E-state index contributed by atoms with van der Waals surface area (Å²) in [5.41, 5.74) is 2.18. The maximum absolute atomic E-state index is 12.2. The van der Waals surface area contributed by atoms with Crippen LogP contribution in [0.4, 0.5) is 0 Å². The monoisotopic (exact) mass is 313 g/mol. The highest BCUT2D eigenvalue weighted by Crippen LogP contribution is 2.19. The molecule has 0 saturated carbocycles. The second-order valence-electron chi connectivity index (χ2n) is 4.84. The first kappa shape index (κ1) is 14.4. The van der Waals surface area contributed by atoms with Crippen LogP contribution in [-0.2, 0) is 17.8 Å². The fourth-order valence-electron chi connectivity index (χ4n) is 2.18. The van der Waals surface area contributed by atoms with Crippen molar-refractivity contribution in [2.75, 3.05) is 0 Å². The van der Waals surface area contributed by atoms with E-state index in [0.717, 1.165) is 12.0 Å². The van der Waals surface area contributed by atoms with Crippen LogP contribution in [0.1, 0.15) is 17.2 Å². The van der Waals surface area contributed by atoms with Gasteiger partial charge < -0.3 is 5.32 Å². The van der Waals surface area contributed by atoms with Crippen LogP contribution in [0.15, 0.2) is 54.0 Å². The summed E-state index contributed by atoms with van der Waals surface area (Å²) in [7, 11) is 0. The Morgan fingerprint density at radius 1 is 1.36 bits per heavy atom. The summed E-state index contributed by atoms with van der Waals surface area (Å²) in [6.07, 6.45) is 7.18. The standard InChI is InChI=1S/C15H15N5OS/c21-15(8-20-11-17-10-18-20)19-14(6-12-3-5-22-9-12)13-2-1-4-16-7-13/h1-5,7,9-11,14H,6,8H2,(H,19,21)/t14-/m1/s1. The first-order valence-corrected chi connectivity index (χ1v) is 7.78. The molecule has 0 fully saturated rings. The first-order valence-electron chi connectivity index (χ1n) is 6.84. The molecule has 1 N–H and O–H groups in total. The Hall–Kier alpha value is -2.54. The van der Waals surface area contributed by atoms with Crippen LogP contribution in [0.3, 0.4) is 0 Å². The molecule has 0 spiro atoms. The molecule has 3 heterocycles. The highest BCUT2D eigenvalue weighted by molar-refractivity contribution is 7.07. The zero-order chi connectivity index (χ0) is 15.2. The molecule has 112 valence electrons. The van der Waals surface area contributed by atoms with Gasteiger partial charge in [-0.05, 0) is 40.4 Å².